The second kappa shape index (κ2) is 7.56. The van der Waals surface area contributed by atoms with Crippen molar-refractivity contribution in [3.05, 3.63) is 41.8 Å². The highest BCUT2D eigenvalue weighted by molar-refractivity contribution is 6.46. The molecule has 3 N–H and O–H groups in total. The van der Waals surface area contributed by atoms with Crippen molar-refractivity contribution in [3.63, 3.8) is 0 Å². The van der Waals surface area contributed by atoms with E-state index in [0.29, 0.717) is 5.47 Å². The number of aliphatic imine (C=N–C) groups is 1. The van der Waals surface area contributed by atoms with Crippen LogP contribution >= 0.6 is 0 Å². The second-order valence-electron chi connectivity index (χ2n) is 6.18. The van der Waals surface area contributed by atoms with Crippen molar-refractivity contribution in [1.82, 2.24) is 4.98 Å². The largest absolute Gasteiger partial charge is 0.427 e. The van der Waals surface area contributed by atoms with Crippen LogP contribution in [0.2, 0.25) is 0 Å². The molecule has 22 heavy (non-hydrogen) atoms. The maximum absolute atomic E-state index is 10.1. The number of nitrogens with two attached hydrogens (primary N) is 1. The van der Waals surface area contributed by atoms with Gasteiger partial charge in [0.05, 0.1) is 22.9 Å². The van der Waals surface area contributed by atoms with Gasteiger partial charge in [0.2, 0.25) is 0 Å². The molecule has 1 rings (SSSR count). The first-order chi connectivity index (χ1) is 10.2. The van der Waals surface area contributed by atoms with E-state index in [0.717, 1.165) is 5.69 Å². The molecule has 1 unspecified atom stereocenters. The molecule has 0 aromatic carbocycles. The van der Waals surface area contributed by atoms with Crippen molar-refractivity contribution in [2.45, 2.75) is 51.9 Å². The summed E-state index contributed by atoms with van der Waals surface area (Å²) in [6.07, 6.45) is 4.79. The monoisotopic (exact) mass is 302 g/mol. The van der Waals surface area contributed by atoms with Gasteiger partial charge in [-0.05, 0) is 58.4 Å². The van der Waals surface area contributed by atoms with Gasteiger partial charge in [-0.1, -0.05) is 6.07 Å². The van der Waals surface area contributed by atoms with Crippen molar-refractivity contribution >= 4 is 13.7 Å². The number of hydrogen-bond donors (Lipinski definition) is 2. The minimum atomic E-state index is -0.985. The minimum Gasteiger partial charge on any atom is -0.427 e. The molecular weight excluding hydrogens is 277 g/mol. The van der Waals surface area contributed by atoms with Crippen LogP contribution in [-0.4, -0.2) is 35.0 Å². The van der Waals surface area contributed by atoms with Gasteiger partial charge >= 0.3 is 7.48 Å². The fraction of sp³-hybridized carbons (Fsp3) is 0.500. The van der Waals surface area contributed by atoms with E-state index in [9.17, 15) is 5.11 Å². The third-order valence-corrected chi connectivity index (χ3v) is 3.72. The molecule has 1 radical (unpaired) electrons. The van der Waals surface area contributed by atoms with Crippen LogP contribution in [0.1, 0.15) is 46.4 Å². The lowest BCUT2D eigenvalue weighted by molar-refractivity contribution is -0.0895. The zero-order valence-corrected chi connectivity index (χ0v) is 13.9. The Morgan fingerprint density at radius 1 is 1.41 bits per heavy atom. The molecule has 1 heterocycles. The topological polar surface area (TPSA) is 80.7 Å². The molecule has 1 atom stereocenters. The Morgan fingerprint density at radius 2 is 2.09 bits per heavy atom. The number of hydrogen-bond acceptors (Lipinski definition) is 5. The number of pyridine rings is 1. The zero-order chi connectivity index (χ0) is 16.8. The van der Waals surface area contributed by atoms with Gasteiger partial charge in [0.15, 0.2) is 0 Å². The van der Waals surface area contributed by atoms with Gasteiger partial charge in [-0.2, -0.15) is 0 Å². The highest BCUT2D eigenvalue weighted by Gasteiger charge is 2.35. The molecule has 0 fully saturated rings. The molecule has 0 bridgehead atoms. The fourth-order valence-corrected chi connectivity index (χ4v) is 1.37. The maximum atomic E-state index is 10.1. The number of aliphatic hydroxyl groups is 1. The molecule has 0 aliphatic rings. The molecule has 0 saturated carbocycles. The van der Waals surface area contributed by atoms with E-state index >= 15 is 0 Å². The lowest BCUT2D eigenvalue weighted by atomic mass is 9.83. The van der Waals surface area contributed by atoms with Gasteiger partial charge in [0, 0.05) is 12.4 Å². The van der Waals surface area contributed by atoms with Crippen LogP contribution in [0.5, 0.6) is 0 Å². The van der Waals surface area contributed by atoms with E-state index in [1.54, 1.807) is 26.3 Å². The number of nitrogens with zero attached hydrogens (tertiary/aromatic N) is 2. The van der Waals surface area contributed by atoms with Crippen molar-refractivity contribution < 1.29 is 9.76 Å². The Hall–Kier alpha value is -1.66. The summed E-state index contributed by atoms with van der Waals surface area (Å²) in [6, 6.07) is 5.64. The Morgan fingerprint density at radius 3 is 2.59 bits per heavy atom. The lowest BCUT2D eigenvalue weighted by Crippen LogP contribution is -2.48. The van der Waals surface area contributed by atoms with E-state index in [2.05, 4.69) is 9.98 Å². The SMILES string of the molecule is CC(N=CC([B]OC(C)(C)C(C)(C)O)=CN)c1ccccn1. The average molecular weight is 302 g/mol. The predicted octanol–water partition coefficient (Wildman–Crippen LogP) is 2.20. The van der Waals surface area contributed by atoms with Crippen LogP contribution in [-0.2, 0) is 4.65 Å². The summed E-state index contributed by atoms with van der Waals surface area (Å²) in [7, 11) is 1.51. The van der Waals surface area contributed by atoms with Crippen molar-refractivity contribution in [1.29, 1.82) is 0 Å². The maximum Gasteiger partial charge on any atom is 0.333 e. The molecule has 119 valence electrons. The summed E-state index contributed by atoms with van der Waals surface area (Å²) in [5.41, 5.74) is 5.37. The summed E-state index contributed by atoms with van der Waals surface area (Å²) >= 11 is 0. The number of aromatic nitrogens is 1. The van der Waals surface area contributed by atoms with Gasteiger partial charge in [0.1, 0.15) is 0 Å². The Bertz CT molecular complexity index is 522. The normalized spacial score (nSPS) is 15.1. The highest BCUT2D eigenvalue weighted by Crippen LogP contribution is 2.24. The summed E-state index contributed by atoms with van der Waals surface area (Å²) in [4.78, 5) is 8.68. The molecule has 6 heteroatoms. The molecule has 1 aromatic rings. The van der Waals surface area contributed by atoms with Crippen LogP contribution in [0.4, 0.5) is 0 Å². The molecule has 0 amide bonds. The number of allylic oxidation sites excluding steroid dienone is 1. The first-order valence-electron chi connectivity index (χ1n) is 7.27. The van der Waals surface area contributed by atoms with E-state index < -0.39 is 11.2 Å². The standard InChI is InChI=1S/C16H25BN3O2/c1-12(14-8-6-7-9-19-14)20-11-13(10-18)17-22-16(4,5)15(2,3)21/h6-12,21H,18H2,1-5H3. The Kier molecular flexibility index (Phi) is 6.32. The molecule has 0 aliphatic heterocycles. The smallest absolute Gasteiger partial charge is 0.333 e. The molecule has 1 aromatic heterocycles. The predicted molar refractivity (Wildman–Crippen MR) is 90.6 cm³/mol. The summed E-state index contributed by atoms with van der Waals surface area (Å²) < 4.78 is 5.65. The molecule has 0 aliphatic carbocycles. The van der Waals surface area contributed by atoms with E-state index in [4.69, 9.17) is 10.4 Å². The first kappa shape index (κ1) is 18.4. The quantitative estimate of drug-likeness (QED) is 0.597. The average Bonchev–Trinajstić information content (AvgIpc) is 2.46. The van der Waals surface area contributed by atoms with Gasteiger partial charge in [-0.15, -0.1) is 0 Å². The fourth-order valence-electron chi connectivity index (χ4n) is 1.37. The van der Waals surface area contributed by atoms with Crippen LogP contribution in [0.15, 0.2) is 41.1 Å². The van der Waals surface area contributed by atoms with Gasteiger partial charge in [-0.3, -0.25) is 9.98 Å². The van der Waals surface area contributed by atoms with Gasteiger partial charge in [-0.25, -0.2) is 0 Å². The third kappa shape index (κ3) is 5.28. The third-order valence-electron chi connectivity index (χ3n) is 3.72. The minimum absolute atomic E-state index is 0.0770. The van der Waals surface area contributed by atoms with Crippen LogP contribution < -0.4 is 5.73 Å². The van der Waals surface area contributed by atoms with Crippen LogP contribution in [0.25, 0.3) is 0 Å². The molecule has 0 saturated heterocycles. The molecule has 5 nitrogen and oxygen atoms in total. The molecule has 0 spiro atoms. The van der Waals surface area contributed by atoms with E-state index in [1.165, 1.54) is 13.7 Å². The van der Waals surface area contributed by atoms with E-state index in [1.807, 2.05) is 39.0 Å². The Labute approximate surface area is 133 Å². The highest BCUT2D eigenvalue weighted by atomic mass is 16.5. The van der Waals surface area contributed by atoms with Gasteiger partial charge < -0.3 is 15.5 Å². The summed E-state index contributed by atoms with van der Waals surface area (Å²) in [5, 5.41) is 10.1. The van der Waals surface area contributed by atoms with Crippen molar-refractivity contribution in [2.75, 3.05) is 0 Å². The second-order valence-corrected chi connectivity index (χ2v) is 6.18. The number of rotatable bonds is 7. The summed E-state index contributed by atoms with van der Waals surface area (Å²) in [6.45, 7) is 8.97. The van der Waals surface area contributed by atoms with E-state index in [-0.39, 0.29) is 6.04 Å². The van der Waals surface area contributed by atoms with Crippen LogP contribution in [0.3, 0.4) is 0 Å². The van der Waals surface area contributed by atoms with Gasteiger partial charge in [0.25, 0.3) is 0 Å². The zero-order valence-electron chi connectivity index (χ0n) is 13.9. The first-order valence-corrected chi connectivity index (χ1v) is 7.27. The van der Waals surface area contributed by atoms with Crippen molar-refractivity contribution in [3.8, 4) is 0 Å². The lowest BCUT2D eigenvalue weighted by Gasteiger charge is -2.37. The molecular formula is C16H25BN3O2. The van der Waals surface area contributed by atoms with Crippen LogP contribution in [0, 0.1) is 0 Å². The van der Waals surface area contributed by atoms with Crippen molar-refractivity contribution in [2.24, 2.45) is 10.7 Å². The Balaban J connectivity index is 2.65. The summed E-state index contributed by atoms with van der Waals surface area (Å²) in [5.74, 6) is 0.